The van der Waals surface area contributed by atoms with Crippen molar-refractivity contribution in [1.29, 1.82) is 5.26 Å². The van der Waals surface area contributed by atoms with Crippen molar-refractivity contribution in [3.63, 3.8) is 0 Å². The zero-order valence-corrected chi connectivity index (χ0v) is 41.5. The van der Waals surface area contributed by atoms with E-state index in [4.69, 9.17) is 14.5 Å². The quantitative estimate of drug-likeness (QED) is 0.100. The fraction of sp³-hybridized carbons (Fsp3) is 0.0649. The highest BCUT2D eigenvalue weighted by Gasteiger charge is 2.73. The Morgan fingerprint density at radius 3 is 0.841 bits per heavy atom. The van der Waals surface area contributed by atoms with E-state index in [0.717, 1.165) is 44.5 Å². The minimum absolute atomic E-state index is 0.122. The molecular weight excluding hydrogens is 1000 g/mol. The number of ether oxygens (including phenoxy) is 1. The number of nitrogens with zero attached hydrogens (tertiary/aromatic N) is 1. The highest BCUT2D eigenvalue weighted by Crippen LogP contribution is 2.85. The molecule has 0 amide bonds. The van der Waals surface area contributed by atoms with Crippen LogP contribution in [0.4, 0.5) is 0 Å². The highest BCUT2D eigenvalue weighted by molar-refractivity contribution is 6.82. The van der Waals surface area contributed by atoms with Gasteiger partial charge in [0.2, 0.25) is 0 Å². The van der Waals surface area contributed by atoms with Crippen LogP contribution in [0, 0.1) is 11.3 Å². The monoisotopic (exact) mass is 1010 g/mol. The molecule has 0 N–H and O–H groups in total. The van der Waals surface area contributed by atoms with Gasteiger partial charge in [0.15, 0.2) is 16.6 Å². The van der Waals surface area contributed by atoms with Gasteiger partial charge in [-0.1, -0.05) is 48.5 Å². The molecule has 82 heavy (non-hydrogen) atoms. The van der Waals surface area contributed by atoms with Gasteiger partial charge >= 0.3 is 5.97 Å². The van der Waals surface area contributed by atoms with Gasteiger partial charge in [0.05, 0.1) is 12.5 Å². The Balaban J connectivity index is 0.943. The summed E-state index contributed by atoms with van der Waals surface area (Å²) in [6, 6.07) is 20.2. The molecule has 0 unspecified atom stereocenters. The first kappa shape index (κ1) is 32.1. The second kappa shape index (κ2) is 7.61. The molecule has 30 aromatic carbocycles. The van der Waals surface area contributed by atoms with Crippen LogP contribution in [0.15, 0.2) is 48.5 Å². The highest BCUT2D eigenvalue weighted by atomic mass is 17.2. The first-order valence-electron chi connectivity index (χ1n) is 29.6. The number of esters is 1. The summed E-state index contributed by atoms with van der Waals surface area (Å²) in [6.45, 7) is 0. The van der Waals surface area contributed by atoms with Gasteiger partial charge in [-0.25, -0.2) is 9.78 Å². The van der Waals surface area contributed by atoms with E-state index in [1.807, 2.05) is 0 Å². The molecule has 0 fully saturated rings. The Kier molecular flexibility index (Phi) is 2.98. The number of rotatable bonds is 3. The fourth-order valence-corrected chi connectivity index (χ4v) is 27.0. The average Bonchev–Trinajstić information content (AvgIpc) is 1.39. The minimum atomic E-state index is -1.55. The second-order valence-electron chi connectivity index (χ2n) is 28.5. The van der Waals surface area contributed by atoms with Crippen LogP contribution in [0.5, 0.6) is 0 Å². The largest absolute Gasteiger partial charge is 0.447 e. The van der Waals surface area contributed by atoms with E-state index < -0.39 is 22.7 Å². The van der Waals surface area contributed by atoms with Crippen LogP contribution in [-0.2, 0) is 35.9 Å². The lowest BCUT2D eigenvalue weighted by Gasteiger charge is -2.50. The van der Waals surface area contributed by atoms with Gasteiger partial charge in [-0.05, 0) is 324 Å². The van der Waals surface area contributed by atoms with E-state index in [-0.39, 0.29) is 12.4 Å². The predicted molar refractivity (Wildman–Crippen MR) is 328 cm³/mol. The summed E-state index contributed by atoms with van der Waals surface area (Å²) in [4.78, 5) is 30.2. The van der Waals surface area contributed by atoms with Gasteiger partial charge in [0.25, 0.3) is 0 Å². The van der Waals surface area contributed by atoms with Crippen LogP contribution in [-0.4, -0.2) is 5.97 Å². The Bertz CT molecular complexity index is 8010. The van der Waals surface area contributed by atoms with Gasteiger partial charge < -0.3 is 4.74 Å². The molecule has 0 saturated carbocycles. The van der Waals surface area contributed by atoms with Gasteiger partial charge in [-0.2, -0.15) is 5.26 Å². The summed E-state index contributed by atoms with van der Waals surface area (Å²) in [5.41, 5.74) is 4.11. The van der Waals surface area contributed by atoms with Crippen molar-refractivity contribution >= 4 is 297 Å². The molecule has 5 aliphatic carbocycles. The maximum Gasteiger partial charge on any atom is 0.310 e. The Hall–Kier alpha value is -10.2. The molecule has 5 nitrogen and oxygen atoms in total. The standard InChI is InChI=1S/C77H11NO4/c78-10-75-70-62-54-44-34-26-18-16-17-20-24-22(18)30-38-32(24)42-36-28(20)29-21(17)25-23-19(16)27(26)35-41-31(23)39-33(25)43-37(29)47-46(36)58-52(42)60-50(38)56(48(54)40(30)34)64(70)66(60)72-68(58)69-59(47)53(43)61-51(39)57-49(41)55(45(35)44)63(62)71(75)65(57)67(61)73(69)77(72,75)80-15(79)9-76-13-7-3-1-5-11(13)74(81-82-76)12-6-2-4-8-14(12)76/h1-8,74H,9H2. The molecular formula is C77H11NO4. The lowest BCUT2D eigenvalue weighted by molar-refractivity contribution is -0.396. The molecule has 2 aliphatic heterocycles. The summed E-state index contributed by atoms with van der Waals surface area (Å²) in [5, 5.41) is 91.6. The van der Waals surface area contributed by atoms with Crippen LogP contribution in [0.1, 0.15) is 57.0 Å². The Labute approximate surface area is 447 Å². The van der Waals surface area contributed by atoms with Crippen molar-refractivity contribution in [3.05, 3.63) is 93.0 Å². The Morgan fingerprint density at radius 2 is 0.585 bits per heavy atom. The van der Waals surface area contributed by atoms with Crippen molar-refractivity contribution < 1.29 is 19.3 Å². The fourth-order valence-electron chi connectivity index (χ4n) is 27.0. The third-order valence-electron chi connectivity index (χ3n) is 27.7. The third kappa shape index (κ3) is 1.84. The van der Waals surface area contributed by atoms with Gasteiger partial charge in [0, 0.05) is 11.1 Å². The summed E-state index contributed by atoms with van der Waals surface area (Å²) >= 11 is 0. The van der Waals surface area contributed by atoms with E-state index >= 15 is 4.79 Å². The lowest BCUT2D eigenvalue weighted by atomic mass is 9.55. The molecule has 0 atom stereocenters. The maximum absolute atomic E-state index is 17.1. The SMILES string of the molecule is N#CC12c3c4c5c6c7c8c(c9c%10c1c1c3c3c%11c4c4c5c5c7c7c%12c8c8c9c9c%10c%10c1c1c3c3c%11c%11c4c4c5c7c5c7c%12c8c8c9c9c%10c1c1c3c3c%11c4c5c4c7c8c9c1c34)C62OC(=O)CC12OOC(c3ccccc31)c1ccccc12. The maximum atomic E-state index is 17.1. The number of benzene rings is 20. The van der Waals surface area contributed by atoms with Crippen molar-refractivity contribution in [2.75, 3.05) is 0 Å². The van der Waals surface area contributed by atoms with E-state index in [2.05, 4.69) is 54.6 Å². The molecule has 0 aromatic heterocycles. The Morgan fingerprint density at radius 1 is 0.354 bits per heavy atom. The zero-order valence-electron chi connectivity index (χ0n) is 41.5. The zero-order chi connectivity index (χ0) is 49.6. The van der Waals surface area contributed by atoms with E-state index in [9.17, 15) is 5.26 Å². The average molecular weight is 1010 g/mol. The third-order valence-corrected chi connectivity index (χ3v) is 27.7. The lowest BCUT2D eigenvalue weighted by Crippen LogP contribution is -2.54. The van der Waals surface area contributed by atoms with Crippen LogP contribution >= 0.6 is 0 Å². The van der Waals surface area contributed by atoms with Crippen molar-refractivity contribution in [2.24, 2.45) is 0 Å². The summed E-state index contributed by atoms with van der Waals surface area (Å²) < 4.78 is 8.36. The van der Waals surface area contributed by atoms with Gasteiger partial charge in [-0.15, -0.1) is 0 Å². The molecule has 0 spiro atoms. The smallest absolute Gasteiger partial charge is 0.310 e. The van der Waals surface area contributed by atoms with Crippen LogP contribution < -0.4 is 0 Å². The summed E-state index contributed by atoms with van der Waals surface area (Å²) in [5.74, 6) is -0.374. The van der Waals surface area contributed by atoms with Crippen LogP contribution in [0.3, 0.4) is 0 Å². The van der Waals surface area contributed by atoms with Crippen LogP contribution in [0.25, 0.3) is 291 Å². The number of carbonyl (C=O) groups is 1. The molecule has 7 aliphatic rings. The second-order valence-corrected chi connectivity index (χ2v) is 28.5. The topological polar surface area (TPSA) is 68.5 Å². The molecule has 2 heterocycles. The molecule has 0 radical (unpaired) electrons. The van der Waals surface area contributed by atoms with Crippen molar-refractivity contribution in [3.8, 4) is 6.07 Å². The molecule has 30 aromatic rings. The summed E-state index contributed by atoms with van der Waals surface area (Å²) in [7, 11) is 0. The van der Waals surface area contributed by atoms with Gasteiger partial charge in [-0.3, -0.25) is 4.79 Å². The van der Waals surface area contributed by atoms with Crippen LogP contribution in [0.2, 0.25) is 0 Å². The first-order valence-corrected chi connectivity index (χ1v) is 29.6. The number of carbonyl (C=O) groups excluding carboxylic acids is 1. The molecule has 5 heteroatoms. The summed E-state index contributed by atoms with van der Waals surface area (Å²) in [6.07, 6.45) is -0.526. The molecule has 0 saturated heterocycles. The number of hydrogen-bond acceptors (Lipinski definition) is 5. The number of hydrogen-bond donors (Lipinski definition) is 0. The number of nitriles is 1. The van der Waals surface area contributed by atoms with E-state index in [0.29, 0.717) is 0 Å². The first-order chi connectivity index (χ1) is 40.7. The molecule has 348 valence electrons. The van der Waals surface area contributed by atoms with Crippen molar-refractivity contribution in [2.45, 2.75) is 29.1 Å². The molecule has 2 bridgehead atoms. The number of fused-ring (bicyclic) bond motifs is 1. The van der Waals surface area contributed by atoms with Gasteiger partial charge in [0.1, 0.15) is 6.10 Å². The minimum Gasteiger partial charge on any atom is -0.447 e. The predicted octanol–water partition coefficient (Wildman–Crippen LogP) is 19.0. The van der Waals surface area contributed by atoms with E-state index in [1.165, 1.54) is 259 Å². The molecule has 37 rings (SSSR count). The normalized spacial score (nSPS) is 23.9. The van der Waals surface area contributed by atoms with Crippen molar-refractivity contribution in [1.82, 2.24) is 0 Å². The van der Waals surface area contributed by atoms with E-state index in [1.54, 1.807) is 32.3 Å².